The molecule has 0 heterocycles. The van der Waals surface area contributed by atoms with E-state index in [0.717, 1.165) is 6.92 Å². The highest BCUT2D eigenvalue weighted by Crippen LogP contribution is 2.10. The molecule has 0 fully saturated rings. The quantitative estimate of drug-likeness (QED) is 0.340. The summed E-state index contributed by atoms with van der Waals surface area (Å²) >= 11 is 0. The van der Waals surface area contributed by atoms with Crippen molar-refractivity contribution in [1.82, 2.24) is 5.32 Å². The van der Waals surface area contributed by atoms with E-state index in [1.165, 1.54) is 0 Å². The van der Waals surface area contributed by atoms with E-state index >= 15 is 0 Å². The van der Waals surface area contributed by atoms with Crippen molar-refractivity contribution in [3.63, 3.8) is 0 Å². The molecule has 0 aromatic carbocycles. The minimum Gasteiger partial charge on any atom is -0.335 e. The average molecular weight is 222 g/mol. The molecule has 0 bridgehead atoms. The molecule has 0 aromatic heterocycles. The van der Waals surface area contributed by atoms with Crippen LogP contribution in [0.15, 0.2) is 0 Å². The fourth-order valence-corrected chi connectivity index (χ4v) is 0.637. The molecule has 0 rings (SSSR count). The number of rotatable bonds is 5. The molecule has 15 heavy (non-hydrogen) atoms. The smallest absolute Gasteiger partial charge is 0.335 e. The van der Waals surface area contributed by atoms with E-state index in [4.69, 9.17) is 0 Å². The van der Waals surface area contributed by atoms with Crippen molar-refractivity contribution >= 4 is 5.91 Å². The zero-order chi connectivity index (χ0) is 12.2. The molecule has 0 atom stereocenters. The van der Waals surface area contributed by atoms with E-state index in [9.17, 15) is 35.1 Å². The molecule has 0 aliphatic carbocycles. The fraction of sp³-hybridized carbons (Fsp3) is 0.750. The summed E-state index contributed by atoms with van der Waals surface area (Å²) in [6, 6.07) is 0. The summed E-state index contributed by atoms with van der Waals surface area (Å²) in [7, 11) is 0. The molecule has 0 saturated heterocycles. The molecule has 0 spiro atoms. The van der Waals surface area contributed by atoms with Gasteiger partial charge in [-0.05, 0) is 0 Å². The molecule has 1 amide bonds. The summed E-state index contributed by atoms with van der Waals surface area (Å²) in [6.07, 6.45) is 0. The van der Waals surface area contributed by atoms with Crippen LogP contribution >= 0.6 is 0 Å². The van der Waals surface area contributed by atoms with E-state index in [1.54, 1.807) is 5.32 Å². The van der Waals surface area contributed by atoms with Gasteiger partial charge in [0.2, 0.25) is 12.5 Å². The maximum absolute atomic E-state index is 10.4. The highest BCUT2D eigenvalue weighted by Gasteiger charge is 2.70. The van der Waals surface area contributed by atoms with Crippen molar-refractivity contribution in [2.24, 2.45) is 0 Å². The molecule has 0 aromatic rings. The summed E-state index contributed by atoms with van der Waals surface area (Å²) in [6.45, 7) is -0.389. The van der Waals surface area contributed by atoms with Crippen molar-refractivity contribution in [2.75, 3.05) is 6.54 Å². The molecule has 0 saturated carbocycles. The number of nitrogens with zero attached hydrogens (tertiary/aromatic N) is 3. The zero-order valence-electron chi connectivity index (χ0n) is 7.41. The van der Waals surface area contributed by atoms with Crippen LogP contribution in [0.2, 0.25) is 0 Å². The Labute approximate surface area is 81.5 Å². The number of carbonyl (C=O) groups excluding carboxylic acids is 1. The summed E-state index contributed by atoms with van der Waals surface area (Å²) in [4.78, 5) is 36.3. The molecule has 1 N–H and O–H groups in total. The minimum atomic E-state index is -3.63. The molecule has 84 valence electrons. The molecule has 0 radical (unpaired) electrons. The van der Waals surface area contributed by atoms with Crippen LogP contribution in [0.1, 0.15) is 6.92 Å². The van der Waals surface area contributed by atoms with Gasteiger partial charge in [0.05, 0.1) is 0 Å². The lowest BCUT2D eigenvalue weighted by molar-refractivity contribution is -0.966. The van der Waals surface area contributed by atoms with E-state index in [2.05, 4.69) is 0 Å². The van der Waals surface area contributed by atoms with Crippen LogP contribution < -0.4 is 5.32 Å². The first-order chi connectivity index (χ1) is 6.75. The lowest BCUT2D eigenvalue weighted by atomic mass is 10.3. The van der Waals surface area contributed by atoms with Crippen LogP contribution in [0, 0.1) is 30.3 Å². The average Bonchev–Trinajstić information content (AvgIpc) is 2.02. The molecular weight excluding hydrogens is 216 g/mol. The predicted octanol–water partition coefficient (Wildman–Crippen LogP) is -1.39. The van der Waals surface area contributed by atoms with Gasteiger partial charge in [-0.2, -0.15) is 0 Å². The van der Waals surface area contributed by atoms with Crippen LogP contribution in [0.4, 0.5) is 0 Å². The standard InChI is InChI=1S/C4H6N4O7/c1-3(9)5-2-4(6(10)11,7(12)13)8(14)15/h2H2,1H3,(H,5,9). The van der Waals surface area contributed by atoms with Gasteiger partial charge in [0.15, 0.2) is 14.8 Å². The third kappa shape index (κ3) is 2.32. The number of nitrogens with one attached hydrogen (secondary N) is 1. The van der Waals surface area contributed by atoms with Gasteiger partial charge in [-0.25, -0.2) is 0 Å². The van der Waals surface area contributed by atoms with Gasteiger partial charge in [-0.15, -0.1) is 0 Å². The Morgan fingerprint density at radius 3 is 1.67 bits per heavy atom. The number of nitro groups is 3. The number of hydrogen-bond donors (Lipinski definition) is 1. The van der Waals surface area contributed by atoms with Crippen molar-refractivity contribution < 1.29 is 19.6 Å². The second-order valence-electron chi connectivity index (χ2n) is 2.46. The summed E-state index contributed by atoms with van der Waals surface area (Å²) < 4.78 is 0. The van der Waals surface area contributed by atoms with Gasteiger partial charge in [0, 0.05) is 6.92 Å². The Bertz CT molecular complexity index is 289. The molecule has 0 unspecified atom stereocenters. The van der Waals surface area contributed by atoms with E-state index in [1.807, 2.05) is 0 Å². The third-order valence-corrected chi connectivity index (χ3v) is 1.45. The van der Waals surface area contributed by atoms with E-state index in [0.29, 0.717) is 0 Å². The lowest BCUT2D eigenvalue weighted by Crippen LogP contribution is -2.60. The SMILES string of the molecule is CC(=O)NCC([N+](=O)[O-])([N+](=O)[O-])[N+](=O)[O-]. The van der Waals surface area contributed by atoms with Crippen molar-refractivity contribution in [3.05, 3.63) is 30.3 Å². The van der Waals surface area contributed by atoms with Gasteiger partial charge < -0.3 is 5.32 Å². The first-order valence-corrected chi connectivity index (χ1v) is 3.43. The van der Waals surface area contributed by atoms with Gasteiger partial charge in [-0.1, -0.05) is 0 Å². The van der Waals surface area contributed by atoms with Gasteiger partial charge in [0.1, 0.15) is 0 Å². The minimum absolute atomic E-state index is 0.843. The van der Waals surface area contributed by atoms with Crippen LogP contribution in [-0.4, -0.2) is 33.0 Å². The Balaban J connectivity index is 5.15. The van der Waals surface area contributed by atoms with Crippen molar-refractivity contribution in [1.29, 1.82) is 0 Å². The third-order valence-electron chi connectivity index (χ3n) is 1.45. The fourth-order valence-electron chi connectivity index (χ4n) is 0.637. The molecule has 11 heteroatoms. The second kappa shape index (κ2) is 4.26. The Morgan fingerprint density at radius 1 is 1.13 bits per heavy atom. The highest BCUT2D eigenvalue weighted by atomic mass is 16.7. The van der Waals surface area contributed by atoms with E-state index < -0.39 is 33.0 Å². The largest absolute Gasteiger partial charge is 0.717 e. The Hall–Kier alpha value is -2.33. The Morgan fingerprint density at radius 2 is 1.47 bits per heavy atom. The Kier molecular flexibility index (Phi) is 3.59. The molecule has 11 nitrogen and oxygen atoms in total. The molecular formula is C4H6N4O7. The lowest BCUT2D eigenvalue weighted by Gasteiger charge is -2.08. The maximum atomic E-state index is 10.4. The van der Waals surface area contributed by atoms with Crippen LogP contribution in [0.5, 0.6) is 0 Å². The van der Waals surface area contributed by atoms with Crippen LogP contribution in [0.3, 0.4) is 0 Å². The summed E-state index contributed by atoms with van der Waals surface area (Å²) in [5.74, 6) is -4.48. The van der Waals surface area contributed by atoms with Gasteiger partial charge >= 0.3 is 5.79 Å². The highest BCUT2D eigenvalue weighted by molar-refractivity contribution is 5.72. The number of hydrogen-bond acceptors (Lipinski definition) is 7. The first kappa shape index (κ1) is 12.7. The van der Waals surface area contributed by atoms with Crippen molar-refractivity contribution in [3.8, 4) is 0 Å². The van der Waals surface area contributed by atoms with E-state index in [-0.39, 0.29) is 0 Å². The monoisotopic (exact) mass is 222 g/mol. The number of carbonyl (C=O) groups is 1. The number of amides is 1. The normalized spacial score (nSPS) is 10.5. The first-order valence-electron chi connectivity index (χ1n) is 3.43. The zero-order valence-corrected chi connectivity index (χ0v) is 7.41. The second-order valence-corrected chi connectivity index (χ2v) is 2.46. The molecule has 0 aliphatic rings. The van der Waals surface area contributed by atoms with Crippen LogP contribution in [0.25, 0.3) is 0 Å². The molecule has 0 aliphatic heterocycles. The summed E-state index contributed by atoms with van der Waals surface area (Å²) in [5, 5.41) is 32.5. The van der Waals surface area contributed by atoms with Crippen LogP contribution in [-0.2, 0) is 4.79 Å². The topological polar surface area (TPSA) is 159 Å². The van der Waals surface area contributed by atoms with Gasteiger partial charge in [0.25, 0.3) is 0 Å². The van der Waals surface area contributed by atoms with Crippen molar-refractivity contribution in [2.45, 2.75) is 12.7 Å². The maximum Gasteiger partial charge on any atom is 0.717 e. The van der Waals surface area contributed by atoms with Gasteiger partial charge in [-0.3, -0.25) is 35.1 Å². The predicted molar refractivity (Wildman–Crippen MR) is 42.4 cm³/mol. The summed E-state index contributed by atoms with van der Waals surface area (Å²) in [5.41, 5.74) is 0.